The molecule has 1 aromatic carbocycles. The predicted octanol–water partition coefficient (Wildman–Crippen LogP) is 3.72. The van der Waals surface area contributed by atoms with E-state index in [1.807, 2.05) is 12.1 Å². The van der Waals surface area contributed by atoms with Gasteiger partial charge >= 0.3 is 0 Å². The molecular formula is C17H16N4OS. The summed E-state index contributed by atoms with van der Waals surface area (Å²) in [6, 6.07) is 6.89. The topological polar surface area (TPSA) is 70.4 Å². The third kappa shape index (κ3) is 2.77. The molecule has 2 N–H and O–H groups in total. The molecule has 4 rings (SSSR count). The van der Waals surface area contributed by atoms with Crippen LogP contribution in [0.2, 0.25) is 0 Å². The Morgan fingerprint density at radius 3 is 2.83 bits per heavy atom. The van der Waals surface area contributed by atoms with E-state index >= 15 is 0 Å². The van der Waals surface area contributed by atoms with Crippen LogP contribution in [0.3, 0.4) is 0 Å². The zero-order valence-electron chi connectivity index (χ0n) is 12.5. The van der Waals surface area contributed by atoms with Crippen LogP contribution in [0.5, 0.6) is 5.75 Å². The number of fused-ring (bicyclic) bond motifs is 3. The Morgan fingerprint density at radius 1 is 1.13 bits per heavy atom. The van der Waals surface area contributed by atoms with Crippen molar-refractivity contribution in [2.45, 2.75) is 25.7 Å². The summed E-state index contributed by atoms with van der Waals surface area (Å²) in [5.74, 6) is 1.02. The van der Waals surface area contributed by atoms with Gasteiger partial charge in [-0.25, -0.2) is 9.97 Å². The summed E-state index contributed by atoms with van der Waals surface area (Å²) in [4.78, 5) is 11.3. The molecule has 23 heavy (non-hydrogen) atoms. The number of nitrogens with zero attached hydrogens (tertiary/aromatic N) is 3. The monoisotopic (exact) mass is 324 g/mol. The fraction of sp³-hybridized carbons (Fsp3) is 0.235. The van der Waals surface area contributed by atoms with Crippen LogP contribution in [0.25, 0.3) is 10.2 Å². The largest absolute Gasteiger partial charge is 0.508 e. The molecular weight excluding hydrogens is 308 g/mol. The molecule has 6 heteroatoms. The average molecular weight is 324 g/mol. The van der Waals surface area contributed by atoms with Crippen LogP contribution < -0.4 is 5.43 Å². The van der Waals surface area contributed by atoms with Crippen molar-refractivity contribution in [3.63, 3.8) is 0 Å². The van der Waals surface area contributed by atoms with E-state index in [0.717, 1.165) is 34.4 Å². The first-order chi connectivity index (χ1) is 11.3. The van der Waals surface area contributed by atoms with Crippen molar-refractivity contribution < 1.29 is 5.11 Å². The van der Waals surface area contributed by atoms with Crippen molar-refractivity contribution in [1.82, 2.24) is 9.97 Å². The van der Waals surface area contributed by atoms with Gasteiger partial charge in [0.1, 0.15) is 16.9 Å². The highest BCUT2D eigenvalue weighted by molar-refractivity contribution is 7.19. The van der Waals surface area contributed by atoms with Gasteiger partial charge in [-0.1, -0.05) is 0 Å². The standard InChI is InChI=1S/C17H16N4OS/c22-12-7-5-11(6-8-12)9-20-21-16-15-13-3-1-2-4-14(13)23-17(15)19-10-18-16/h5-10,22H,1-4H2,(H,18,19,21)/b20-9+. The van der Waals surface area contributed by atoms with Gasteiger partial charge in [-0.15, -0.1) is 11.3 Å². The highest BCUT2D eigenvalue weighted by Gasteiger charge is 2.19. The predicted molar refractivity (Wildman–Crippen MR) is 93.4 cm³/mol. The molecule has 2 aromatic heterocycles. The molecule has 0 aliphatic heterocycles. The number of aryl methyl sites for hydroxylation is 2. The van der Waals surface area contributed by atoms with Crippen molar-refractivity contribution in [2.75, 3.05) is 5.43 Å². The Morgan fingerprint density at radius 2 is 1.96 bits per heavy atom. The third-order valence-electron chi connectivity index (χ3n) is 4.03. The van der Waals surface area contributed by atoms with Crippen molar-refractivity contribution in [1.29, 1.82) is 0 Å². The molecule has 0 spiro atoms. The molecule has 1 aliphatic carbocycles. The first-order valence-corrected chi connectivity index (χ1v) is 8.46. The Bertz CT molecular complexity index is 870. The first kappa shape index (κ1) is 14.1. The van der Waals surface area contributed by atoms with E-state index in [-0.39, 0.29) is 5.75 Å². The number of thiophene rings is 1. The minimum Gasteiger partial charge on any atom is -0.508 e. The average Bonchev–Trinajstić information content (AvgIpc) is 2.96. The molecule has 0 unspecified atom stereocenters. The molecule has 2 heterocycles. The molecule has 116 valence electrons. The summed E-state index contributed by atoms with van der Waals surface area (Å²) < 4.78 is 0. The number of hydrazone groups is 1. The van der Waals surface area contributed by atoms with Crippen molar-refractivity contribution in [3.05, 3.63) is 46.6 Å². The number of benzene rings is 1. The van der Waals surface area contributed by atoms with Gasteiger partial charge in [0.15, 0.2) is 5.82 Å². The quantitative estimate of drug-likeness (QED) is 0.569. The summed E-state index contributed by atoms with van der Waals surface area (Å²) >= 11 is 1.77. The maximum absolute atomic E-state index is 9.29. The zero-order chi connectivity index (χ0) is 15.6. The molecule has 0 atom stereocenters. The third-order valence-corrected chi connectivity index (χ3v) is 5.23. The highest BCUT2D eigenvalue weighted by Crippen LogP contribution is 2.38. The second-order valence-electron chi connectivity index (χ2n) is 5.57. The normalized spacial score (nSPS) is 14.3. The number of phenols is 1. The summed E-state index contributed by atoms with van der Waals surface area (Å²) in [6.45, 7) is 0. The van der Waals surface area contributed by atoms with Crippen LogP contribution in [0.15, 0.2) is 35.7 Å². The summed E-state index contributed by atoms with van der Waals surface area (Å²) in [6.07, 6.45) is 8.03. The Kier molecular flexibility index (Phi) is 3.67. The number of anilines is 1. The SMILES string of the molecule is Oc1ccc(/C=N/Nc2ncnc3sc4c(c23)CCCC4)cc1. The van der Waals surface area contributed by atoms with E-state index in [9.17, 15) is 5.11 Å². The van der Waals surface area contributed by atoms with Crippen molar-refractivity contribution in [2.24, 2.45) is 5.10 Å². The minimum atomic E-state index is 0.248. The summed E-state index contributed by atoms with van der Waals surface area (Å²) in [7, 11) is 0. The van der Waals surface area contributed by atoms with E-state index in [1.165, 1.54) is 23.3 Å². The van der Waals surface area contributed by atoms with Gasteiger partial charge in [-0.05, 0) is 61.1 Å². The lowest BCUT2D eigenvalue weighted by atomic mass is 9.97. The molecule has 5 nitrogen and oxygen atoms in total. The van der Waals surface area contributed by atoms with Crippen LogP contribution in [0, 0.1) is 0 Å². The minimum absolute atomic E-state index is 0.248. The number of phenolic OH excluding ortho intramolecular Hbond substituents is 1. The van der Waals surface area contributed by atoms with Crippen LogP contribution in [-0.4, -0.2) is 21.3 Å². The number of hydrogen-bond donors (Lipinski definition) is 2. The number of hydrogen-bond acceptors (Lipinski definition) is 6. The maximum atomic E-state index is 9.29. The van der Waals surface area contributed by atoms with Crippen molar-refractivity contribution in [3.8, 4) is 5.75 Å². The summed E-state index contributed by atoms with van der Waals surface area (Å²) in [5, 5.41) is 14.7. The van der Waals surface area contributed by atoms with Gasteiger partial charge in [-0.3, -0.25) is 5.43 Å². The lowest BCUT2D eigenvalue weighted by Crippen LogP contribution is -2.00. The Hall–Kier alpha value is -2.47. The molecule has 0 amide bonds. The smallest absolute Gasteiger partial charge is 0.158 e. The van der Waals surface area contributed by atoms with Gasteiger partial charge in [0.2, 0.25) is 0 Å². The van der Waals surface area contributed by atoms with E-state index in [1.54, 1.807) is 36.0 Å². The number of nitrogens with one attached hydrogen (secondary N) is 1. The lowest BCUT2D eigenvalue weighted by Gasteiger charge is -2.11. The number of aromatic hydroxyl groups is 1. The Labute approximate surface area is 137 Å². The zero-order valence-corrected chi connectivity index (χ0v) is 13.3. The van der Waals surface area contributed by atoms with E-state index in [4.69, 9.17) is 0 Å². The molecule has 0 saturated carbocycles. The van der Waals surface area contributed by atoms with E-state index < -0.39 is 0 Å². The summed E-state index contributed by atoms with van der Waals surface area (Å²) in [5.41, 5.74) is 5.35. The Balaban J connectivity index is 1.63. The second-order valence-corrected chi connectivity index (χ2v) is 6.66. The second kappa shape index (κ2) is 5.96. The van der Waals surface area contributed by atoms with Gasteiger partial charge in [-0.2, -0.15) is 5.10 Å². The van der Waals surface area contributed by atoms with Crippen LogP contribution in [-0.2, 0) is 12.8 Å². The fourth-order valence-corrected chi connectivity index (χ4v) is 4.13. The molecule has 0 bridgehead atoms. The molecule has 0 fully saturated rings. The molecule has 0 radical (unpaired) electrons. The van der Waals surface area contributed by atoms with Crippen LogP contribution >= 0.6 is 11.3 Å². The highest BCUT2D eigenvalue weighted by atomic mass is 32.1. The van der Waals surface area contributed by atoms with Gasteiger partial charge < -0.3 is 5.11 Å². The van der Waals surface area contributed by atoms with E-state index in [0.29, 0.717) is 0 Å². The molecule has 0 saturated heterocycles. The maximum Gasteiger partial charge on any atom is 0.158 e. The molecule has 1 aliphatic rings. The first-order valence-electron chi connectivity index (χ1n) is 7.64. The lowest BCUT2D eigenvalue weighted by molar-refractivity contribution is 0.475. The number of rotatable bonds is 3. The van der Waals surface area contributed by atoms with E-state index in [2.05, 4.69) is 20.5 Å². The van der Waals surface area contributed by atoms with Crippen LogP contribution in [0.4, 0.5) is 5.82 Å². The van der Waals surface area contributed by atoms with Crippen molar-refractivity contribution >= 4 is 33.6 Å². The van der Waals surface area contributed by atoms with Gasteiger partial charge in [0.25, 0.3) is 0 Å². The van der Waals surface area contributed by atoms with Crippen LogP contribution in [0.1, 0.15) is 28.8 Å². The number of aromatic nitrogens is 2. The van der Waals surface area contributed by atoms with Gasteiger partial charge in [0, 0.05) is 4.88 Å². The fourth-order valence-electron chi connectivity index (χ4n) is 2.90. The van der Waals surface area contributed by atoms with Gasteiger partial charge in [0.05, 0.1) is 11.6 Å². The molecule has 3 aromatic rings.